The zero-order chi connectivity index (χ0) is 19.4. The summed E-state index contributed by atoms with van der Waals surface area (Å²) in [5, 5.41) is 4.72. The number of hydrogen-bond acceptors (Lipinski definition) is 3. The van der Waals surface area contributed by atoms with E-state index in [1.807, 2.05) is 17.5 Å². The van der Waals surface area contributed by atoms with Crippen LogP contribution < -0.4 is 5.32 Å². The minimum Gasteiger partial charge on any atom is -0.350 e. The Hall–Kier alpha value is -1.86. The lowest BCUT2D eigenvalue weighted by molar-refractivity contribution is -0.137. The highest BCUT2D eigenvalue weighted by molar-refractivity contribution is 7.10. The van der Waals surface area contributed by atoms with E-state index in [1.165, 1.54) is 18.2 Å². The molecule has 1 N–H and O–H groups in total. The Morgan fingerprint density at radius 2 is 1.93 bits per heavy atom. The summed E-state index contributed by atoms with van der Waals surface area (Å²) < 4.78 is 39.5. The van der Waals surface area contributed by atoms with Gasteiger partial charge in [-0.3, -0.25) is 9.69 Å². The van der Waals surface area contributed by atoms with Gasteiger partial charge in [0.1, 0.15) is 0 Å². The van der Waals surface area contributed by atoms with Crippen molar-refractivity contribution >= 4 is 17.2 Å². The molecule has 1 aliphatic heterocycles. The molecule has 3 nitrogen and oxygen atoms in total. The Balaban J connectivity index is 1.74. The summed E-state index contributed by atoms with van der Waals surface area (Å²) in [7, 11) is 0. The van der Waals surface area contributed by atoms with Crippen LogP contribution in [0, 0.1) is 5.92 Å². The lowest BCUT2D eigenvalue weighted by Crippen LogP contribution is -2.41. The van der Waals surface area contributed by atoms with E-state index in [0.29, 0.717) is 12.5 Å². The first-order valence-electron chi connectivity index (χ1n) is 9.08. The monoisotopic (exact) mass is 396 g/mol. The molecule has 0 saturated carbocycles. The van der Waals surface area contributed by atoms with Gasteiger partial charge in [0.2, 0.25) is 0 Å². The summed E-state index contributed by atoms with van der Waals surface area (Å²) in [4.78, 5) is 15.9. The van der Waals surface area contributed by atoms with Crippen molar-refractivity contribution in [2.45, 2.75) is 32.0 Å². The smallest absolute Gasteiger partial charge is 0.350 e. The quantitative estimate of drug-likeness (QED) is 0.774. The molecular weight excluding hydrogens is 373 g/mol. The van der Waals surface area contributed by atoms with E-state index in [9.17, 15) is 18.0 Å². The average Bonchev–Trinajstić information content (AvgIpc) is 3.17. The van der Waals surface area contributed by atoms with E-state index in [0.717, 1.165) is 36.9 Å². The molecule has 1 unspecified atom stereocenters. The van der Waals surface area contributed by atoms with E-state index in [4.69, 9.17) is 0 Å². The van der Waals surface area contributed by atoms with E-state index < -0.39 is 17.6 Å². The summed E-state index contributed by atoms with van der Waals surface area (Å²) in [5.74, 6) is -0.00616. The van der Waals surface area contributed by atoms with Gasteiger partial charge < -0.3 is 5.32 Å². The number of benzene rings is 1. The molecule has 146 valence electrons. The van der Waals surface area contributed by atoms with Crippen LogP contribution in [0.2, 0.25) is 0 Å². The molecule has 0 bridgehead atoms. The van der Waals surface area contributed by atoms with Gasteiger partial charge in [0, 0.05) is 11.4 Å². The van der Waals surface area contributed by atoms with Crippen LogP contribution in [0.3, 0.4) is 0 Å². The van der Waals surface area contributed by atoms with Crippen LogP contribution in [0.5, 0.6) is 0 Å². The maximum Gasteiger partial charge on any atom is 0.417 e. The number of nitrogens with one attached hydrogen (secondary N) is 1. The van der Waals surface area contributed by atoms with Crippen molar-refractivity contribution < 1.29 is 18.0 Å². The molecule has 1 atom stereocenters. The predicted molar refractivity (Wildman–Crippen MR) is 101 cm³/mol. The molecule has 0 spiro atoms. The van der Waals surface area contributed by atoms with Gasteiger partial charge in [0.25, 0.3) is 5.91 Å². The SMILES string of the molecule is CC1CCN(C(CNC(=O)c2ccccc2C(F)(F)F)c2cccs2)CC1. The molecular formula is C20H23F3N2OS. The van der Waals surface area contributed by atoms with Gasteiger partial charge in [0.05, 0.1) is 17.2 Å². The van der Waals surface area contributed by atoms with Crippen molar-refractivity contribution in [2.75, 3.05) is 19.6 Å². The molecule has 1 amide bonds. The fraction of sp³-hybridized carbons (Fsp3) is 0.450. The summed E-state index contributed by atoms with van der Waals surface area (Å²) in [5.41, 5.74) is -1.23. The van der Waals surface area contributed by atoms with Gasteiger partial charge >= 0.3 is 6.18 Å². The van der Waals surface area contributed by atoms with E-state index >= 15 is 0 Å². The topological polar surface area (TPSA) is 32.3 Å². The van der Waals surface area contributed by atoms with Crippen LogP contribution in [0.4, 0.5) is 13.2 Å². The van der Waals surface area contributed by atoms with Crippen LogP contribution in [0.1, 0.15) is 46.6 Å². The number of thiophene rings is 1. The molecule has 7 heteroatoms. The Morgan fingerprint density at radius 3 is 2.56 bits per heavy atom. The molecule has 1 aromatic carbocycles. The van der Waals surface area contributed by atoms with Crippen molar-refractivity contribution in [3.8, 4) is 0 Å². The summed E-state index contributed by atoms with van der Waals surface area (Å²) >= 11 is 1.61. The summed E-state index contributed by atoms with van der Waals surface area (Å²) in [6, 6.07) is 8.87. The third-order valence-corrected chi connectivity index (χ3v) is 6.04. The van der Waals surface area contributed by atoms with Crippen LogP contribution in [0.15, 0.2) is 41.8 Å². The Labute approximate surface area is 161 Å². The fourth-order valence-corrected chi connectivity index (χ4v) is 4.30. The molecule has 27 heavy (non-hydrogen) atoms. The van der Waals surface area contributed by atoms with Crippen molar-refractivity contribution in [2.24, 2.45) is 5.92 Å². The van der Waals surface area contributed by atoms with Gasteiger partial charge in [-0.2, -0.15) is 13.2 Å². The van der Waals surface area contributed by atoms with Crippen molar-refractivity contribution in [3.05, 3.63) is 57.8 Å². The number of nitrogens with zero attached hydrogens (tertiary/aromatic N) is 1. The second kappa shape index (κ2) is 8.44. The number of piperidine rings is 1. The molecule has 2 aromatic rings. The minimum atomic E-state index is -4.55. The third-order valence-electron chi connectivity index (χ3n) is 5.06. The average molecular weight is 396 g/mol. The molecule has 0 radical (unpaired) electrons. The van der Waals surface area contributed by atoms with E-state index in [-0.39, 0.29) is 11.6 Å². The first kappa shape index (κ1) is 19.9. The van der Waals surface area contributed by atoms with Gasteiger partial charge in [-0.1, -0.05) is 25.1 Å². The van der Waals surface area contributed by atoms with E-state index in [2.05, 4.69) is 17.1 Å². The van der Waals surface area contributed by atoms with Gasteiger partial charge in [-0.05, 0) is 55.4 Å². The number of alkyl halides is 3. The molecule has 1 fully saturated rings. The standard InChI is InChI=1S/C20H23F3N2OS/c1-14-8-10-25(11-9-14)17(18-7-4-12-27-18)13-24-19(26)15-5-2-3-6-16(15)20(21,22)23/h2-7,12,14,17H,8-11,13H2,1H3,(H,24,26). The van der Waals surface area contributed by atoms with Crippen LogP contribution in [-0.2, 0) is 6.18 Å². The number of halogens is 3. The Morgan fingerprint density at radius 1 is 1.22 bits per heavy atom. The summed E-state index contributed by atoms with van der Waals surface area (Å²) in [6.07, 6.45) is -2.37. The maximum absolute atomic E-state index is 13.2. The highest BCUT2D eigenvalue weighted by Crippen LogP contribution is 2.32. The number of likely N-dealkylation sites (tertiary alicyclic amines) is 1. The highest BCUT2D eigenvalue weighted by Gasteiger charge is 2.35. The largest absolute Gasteiger partial charge is 0.417 e. The number of hydrogen-bond donors (Lipinski definition) is 1. The third kappa shape index (κ3) is 4.90. The van der Waals surface area contributed by atoms with Crippen molar-refractivity contribution in [1.29, 1.82) is 0 Å². The molecule has 2 heterocycles. The van der Waals surface area contributed by atoms with Crippen LogP contribution in [-0.4, -0.2) is 30.4 Å². The fourth-order valence-electron chi connectivity index (χ4n) is 3.44. The molecule has 0 aliphatic carbocycles. The van der Waals surface area contributed by atoms with Gasteiger partial charge in [-0.25, -0.2) is 0 Å². The normalized spacial score (nSPS) is 17.6. The first-order chi connectivity index (χ1) is 12.9. The molecule has 1 aromatic heterocycles. The van der Waals surface area contributed by atoms with Crippen LogP contribution in [0.25, 0.3) is 0 Å². The molecule has 1 saturated heterocycles. The number of carbonyl (C=O) groups excluding carboxylic acids is 1. The molecule has 3 rings (SSSR count). The predicted octanol–water partition coefficient (Wildman–Crippen LogP) is 4.97. The highest BCUT2D eigenvalue weighted by atomic mass is 32.1. The Kier molecular flexibility index (Phi) is 6.22. The first-order valence-corrected chi connectivity index (χ1v) is 9.96. The number of rotatable bonds is 5. The second-order valence-electron chi connectivity index (χ2n) is 7.00. The zero-order valence-electron chi connectivity index (χ0n) is 15.1. The van der Waals surface area contributed by atoms with E-state index in [1.54, 1.807) is 11.3 Å². The zero-order valence-corrected chi connectivity index (χ0v) is 15.9. The van der Waals surface area contributed by atoms with Crippen molar-refractivity contribution in [1.82, 2.24) is 10.2 Å². The van der Waals surface area contributed by atoms with Gasteiger partial charge in [-0.15, -0.1) is 11.3 Å². The van der Waals surface area contributed by atoms with Gasteiger partial charge in [0.15, 0.2) is 0 Å². The second-order valence-corrected chi connectivity index (χ2v) is 7.98. The minimum absolute atomic E-state index is 0.0144. The van der Waals surface area contributed by atoms with Crippen LogP contribution >= 0.6 is 11.3 Å². The maximum atomic E-state index is 13.2. The number of amides is 1. The van der Waals surface area contributed by atoms with Crippen molar-refractivity contribution in [3.63, 3.8) is 0 Å². The number of carbonyl (C=O) groups is 1. The summed E-state index contributed by atoms with van der Waals surface area (Å²) in [6.45, 7) is 4.38. The Bertz CT molecular complexity index is 753. The lowest BCUT2D eigenvalue weighted by Gasteiger charge is -2.36. The lowest BCUT2D eigenvalue weighted by atomic mass is 9.97. The molecule has 1 aliphatic rings.